The summed E-state index contributed by atoms with van der Waals surface area (Å²) in [5, 5.41) is 20.6. The van der Waals surface area contributed by atoms with Crippen molar-refractivity contribution in [2.75, 3.05) is 38.2 Å². The summed E-state index contributed by atoms with van der Waals surface area (Å²) < 4.78 is 48.6. The van der Waals surface area contributed by atoms with Crippen LogP contribution < -0.4 is 5.32 Å². The van der Waals surface area contributed by atoms with Crippen LogP contribution in [-0.4, -0.2) is 54.7 Å². The van der Waals surface area contributed by atoms with Gasteiger partial charge in [-0.3, -0.25) is 10.2 Å². The highest BCUT2D eigenvalue weighted by atomic mass is 19.4. The minimum absolute atomic E-state index is 0.0442. The number of hydrogen-bond donors (Lipinski definition) is 3. The van der Waals surface area contributed by atoms with Crippen LogP contribution in [0.2, 0.25) is 0 Å². The molecule has 0 saturated carbocycles. The number of anilines is 1. The van der Waals surface area contributed by atoms with E-state index in [9.17, 15) is 23.1 Å². The second kappa shape index (κ2) is 8.76. The van der Waals surface area contributed by atoms with Gasteiger partial charge in [-0.25, -0.2) is 0 Å². The average Bonchev–Trinajstić information content (AvgIpc) is 2.62. The van der Waals surface area contributed by atoms with Gasteiger partial charge in [0.15, 0.2) is 5.57 Å². The van der Waals surface area contributed by atoms with E-state index in [-0.39, 0.29) is 18.1 Å². The number of morpholine rings is 1. The van der Waals surface area contributed by atoms with Gasteiger partial charge in [0.1, 0.15) is 5.84 Å². The summed E-state index contributed by atoms with van der Waals surface area (Å²) in [6.07, 6.45) is -4.56. The van der Waals surface area contributed by atoms with Gasteiger partial charge >= 0.3 is 6.18 Å². The summed E-state index contributed by atoms with van der Waals surface area (Å²) in [4.78, 5) is 14.1. The van der Waals surface area contributed by atoms with E-state index >= 15 is 0 Å². The molecule has 0 atom stereocenters. The van der Waals surface area contributed by atoms with Gasteiger partial charge in [0, 0.05) is 18.8 Å². The van der Waals surface area contributed by atoms with E-state index < -0.39 is 29.2 Å². The van der Waals surface area contributed by atoms with Crippen LogP contribution in [0, 0.1) is 5.41 Å². The molecule has 1 amide bonds. The number of rotatable bonds is 5. The highest BCUT2D eigenvalue weighted by Crippen LogP contribution is 2.30. The topological polar surface area (TPSA) is 94.9 Å². The summed E-state index contributed by atoms with van der Waals surface area (Å²) in [5.41, 5.74) is -1.51. The van der Waals surface area contributed by atoms with Crippen LogP contribution in [0.1, 0.15) is 12.5 Å². The SMILES string of the molecule is CCO/C(O)=C(/C(=N)N1CCOCC1)C(=O)Nc1cccc(C(F)(F)F)c1. The van der Waals surface area contributed by atoms with Crippen molar-refractivity contribution >= 4 is 17.4 Å². The maximum absolute atomic E-state index is 12.8. The highest BCUT2D eigenvalue weighted by molar-refractivity contribution is 6.23. The van der Waals surface area contributed by atoms with Crippen molar-refractivity contribution in [1.82, 2.24) is 4.90 Å². The maximum Gasteiger partial charge on any atom is 0.416 e. The summed E-state index contributed by atoms with van der Waals surface area (Å²) >= 11 is 0. The van der Waals surface area contributed by atoms with Crippen molar-refractivity contribution in [1.29, 1.82) is 5.41 Å². The molecule has 1 heterocycles. The number of halogens is 3. The first-order chi connectivity index (χ1) is 12.7. The predicted molar refractivity (Wildman–Crippen MR) is 91.5 cm³/mol. The lowest BCUT2D eigenvalue weighted by Gasteiger charge is -2.29. The smallest absolute Gasteiger partial charge is 0.416 e. The monoisotopic (exact) mass is 387 g/mol. The molecule has 0 aliphatic carbocycles. The first kappa shape index (κ1) is 20.6. The number of ether oxygens (including phenoxy) is 2. The van der Waals surface area contributed by atoms with E-state index in [0.29, 0.717) is 26.3 Å². The first-order valence-electron chi connectivity index (χ1n) is 8.20. The number of amides is 1. The molecule has 0 unspecified atom stereocenters. The molecule has 0 bridgehead atoms. The molecule has 148 valence electrons. The van der Waals surface area contributed by atoms with Crippen LogP contribution in [0.15, 0.2) is 35.8 Å². The van der Waals surface area contributed by atoms with E-state index in [1.54, 1.807) is 6.92 Å². The Morgan fingerprint density at radius 3 is 2.63 bits per heavy atom. The molecule has 0 radical (unpaired) electrons. The zero-order valence-electron chi connectivity index (χ0n) is 14.6. The predicted octanol–water partition coefficient (Wildman–Crippen LogP) is 2.76. The number of nitrogens with zero attached hydrogens (tertiary/aromatic N) is 1. The van der Waals surface area contributed by atoms with Crippen molar-refractivity contribution in [2.24, 2.45) is 0 Å². The molecule has 7 nitrogen and oxygen atoms in total. The quantitative estimate of drug-likeness (QED) is 0.313. The van der Waals surface area contributed by atoms with Gasteiger partial charge in [-0.1, -0.05) is 6.07 Å². The number of alkyl halides is 3. The van der Waals surface area contributed by atoms with E-state index in [1.165, 1.54) is 11.0 Å². The van der Waals surface area contributed by atoms with Crippen molar-refractivity contribution in [3.8, 4) is 0 Å². The van der Waals surface area contributed by atoms with Crippen molar-refractivity contribution in [3.63, 3.8) is 0 Å². The second-order valence-corrected chi connectivity index (χ2v) is 5.59. The Hall–Kier alpha value is -2.75. The molecule has 1 aromatic carbocycles. The summed E-state index contributed by atoms with van der Waals surface area (Å²) in [6, 6.07) is 4.07. The fourth-order valence-corrected chi connectivity index (χ4v) is 2.43. The molecule has 1 fully saturated rings. The highest BCUT2D eigenvalue weighted by Gasteiger charge is 2.31. The van der Waals surface area contributed by atoms with Crippen LogP contribution in [-0.2, 0) is 20.4 Å². The molecule has 1 aliphatic rings. The van der Waals surface area contributed by atoms with E-state index in [4.69, 9.17) is 14.9 Å². The van der Waals surface area contributed by atoms with Crippen molar-refractivity contribution < 1.29 is 32.5 Å². The van der Waals surface area contributed by atoms with Crippen LogP contribution >= 0.6 is 0 Å². The fourth-order valence-electron chi connectivity index (χ4n) is 2.43. The minimum Gasteiger partial charge on any atom is -0.480 e. The summed E-state index contributed by atoms with van der Waals surface area (Å²) in [7, 11) is 0. The van der Waals surface area contributed by atoms with Crippen LogP contribution in [0.25, 0.3) is 0 Å². The Morgan fingerprint density at radius 1 is 1.37 bits per heavy atom. The normalized spacial score (nSPS) is 15.8. The van der Waals surface area contributed by atoms with Gasteiger partial charge in [-0.05, 0) is 25.1 Å². The van der Waals surface area contributed by atoms with Crippen molar-refractivity contribution in [3.05, 3.63) is 41.3 Å². The third-order valence-corrected chi connectivity index (χ3v) is 3.73. The molecule has 3 N–H and O–H groups in total. The Kier molecular flexibility index (Phi) is 6.67. The standard InChI is InChI=1S/C17H20F3N3O4/c1-2-27-16(25)13(14(21)23-6-8-26-9-7-23)15(24)22-12-5-3-4-11(10-12)17(18,19)20/h3-5,10,21,25H,2,6-9H2,1H3,(H,22,24)/b16-13-,21-14?. The van der Waals surface area contributed by atoms with Gasteiger partial charge in [-0.15, -0.1) is 0 Å². The average molecular weight is 387 g/mol. The Morgan fingerprint density at radius 2 is 2.04 bits per heavy atom. The lowest BCUT2D eigenvalue weighted by atomic mass is 10.1. The van der Waals surface area contributed by atoms with Crippen LogP contribution in [0.5, 0.6) is 0 Å². The molecule has 2 rings (SSSR count). The van der Waals surface area contributed by atoms with Crippen LogP contribution in [0.3, 0.4) is 0 Å². The van der Waals surface area contributed by atoms with Gasteiger partial charge in [-0.2, -0.15) is 13.2 Å². The fraction of sp³-hybridized carbons (Fsp3) is 0.412. The molecular weight excluding hydrogens is 367 g/mol. The van der Waals surface area contributed by atoms with E-state index in [2.05, 4.69) is 5.32 Å². The van der Waals surface area contributed by atoms with E-state index in [0.717, 1.165) is 18.2 Å². The number of carbonyl (C=O) groups is 1. The van der Waals surface area contributed by atoms with Gasteiger partial charge in [0.25, 0.3) is 11.9 Å². The largest absolute Gasteiger partial charge is 0.480 e. The Balaban J connectivity index is 2.27. The third-order valence-electron chi connectivity index (χ3n) is 3.73. The lowest BCUT2D eigenvalue weighted by molar-refractivity contribution is -0.137. The second-order valence-electron chi connectivity index (χ2n) is 5.59. The molecule has 10 heteroatoms. The third kappa shape index (κ3) is 5.36. The van der Waals surface area contributed by atoms with Crippen molar-refractivity contribution in [2.45, 2.75) is 13.1 Å². The Labute approximate surface area is 153 Å². The van der Waals surface area contributed by atoms with Gasteiger partial charge in [0.05, 0.1) is 25.4 Å². The van der Waals surface area contributed by atoms with Gasteiger partial charge in [0.2, 0.25) is 0 Å². The number of hydrogen-bond acceptors (Lipinski definition) is 5. The van der Waals surface area contributed by atoms with E-state index in [1.807, 2.05) is 0 Å². The molecule has 0 spiro atoms. The minimum atomic E-state index is -4.56. The summed E-state index contributed by atoms with van der Waals surface area (Å²) in [5.74, 6) is -2.01. The van der Waals surface area contributed by atoms with Gasteiger partial charge < -0.3 is 24.8 Å². The molecule has 0 aromatic heterocycles. The molecule has 1 aromatic rings. The number of benzene rings is 1. The Bertz CT molecular complexity index is 728. The lowest BCUT2D eigenvalue weighted by Crippen LogP contribution is -2.43. The number of amidine groups is 1. The zero-order valence-corrected chi connectivity index (χ0v) is 14.6. The molecular formula is C17H20F3N3O4. The molecule has 27 heavy (non-hydrogen) atoms. The number of aliphatic hydroxyl groups excluding tert-OH is 1. The first-order valence-corrected chi connectivity index (χ1v) is 8.20. The summed E-state index contributed by atoms with van der Waals surface area (Å²) in [6.45, 7) is 2.98. The number of carbonyl (C=O) groups excluding carboxylic acids is 1. The maximum atomic E-state index is 12.8. The van der Waals surface area contributed by atoms with Crippen LogP contribution in [0.4, 0.5) is 18.9 Å². The molecule has 1 saturated heterocycles. The number of aliphatic hydroxyl groups is 1. The zero-order chi connectivity index (χ0) is 20.0. The number of nitrogens with one attached hydrogen (secondary N) is 2. The molecule has 1 aliphatic heterocycles.